The minimum absolute atomic E-state index is 0.0310. The minimum atomic E-state index is -1.33. The van der Waals surface area contributed by atoms with Gasteiger partial charge < -0.3 is 29.6 Å². The largest absolute Gasteiger partial charge is 0.467 e. The molecule has 0 bridgehead atoms. The van der Waals surface area contributed by atoms with Crippen LogP contribution in [0.2, 0.25) is 0 Å². The quantitative estimate of drug-likeness (QED) is 0.0670. The van der Waals surface area contributed by atoms with Crippen molar-refractivity contribution in [3.63, 3.8) is 0 Å². The fourth-order valence-corrected chi connectivity index (χ4v) is 9.61. The number of hydrazine groups is 1. The number of amides is 6. The van der Waals surface area contributed by atoms with E-state index in [1.54, 1.807) is 32.2 Å². The number of aromatic nitrogens is 2. The number of rotatable bonds is 18. The summed E-state index contributed by atoms with van der Waals surface area (Å²) in [7, 11) is 1.67. The third-order valence-electron chi connectivity index (χ3n) is 13.0. The van der Waals surface area contributed by atoms with E-state index in [4.69, 9.17) is 14.5 Å². The number of imide groups is 1. The van der Waals surface area contributed by atoms with Gasteiger partial charge in [0.2, 0.25) is 11.8 Å². The van der Waals surface area contributed by atoms with E-state index in [0.717, 1.165) is 73.9 Å². The number of likely N-dealkylation sites (tertiary alicyclic amines) is 1. The van der Waals surface area contributed by atoms with Gasteiger partial charge in [0.1, 0.15) is 12.1 Å². The fraction of sp³-hybridized carbons (Fsp3) is 0.460. The monoisotopic (exact) mass is 902 g/mol. The highest BCUT2D eigenvalue weighted by Gasteiger charge is 2.61. The Balaban J connectivity index is 1.23. The maximum Gasteiger partial charge on any atom is 0.325 e. The van der Waals surface area contributed by atoms with E-state index in [2.05, 4.69) is 72.2 Å². The van der Waals surface area contributed by atoms with Crippen LogP contribution >= 0.6 is 0 Å². The molecule has 3 atom stereocenters. The molecule has 1 spiro atoms. The third kappa shape index (κ3) is 9.34. The Kier molecular flexibility index (Phi) is 14.1. The van der Waals surface area contributed by atoms with Crippen LogP contribution in [0.15, 0.2) is 73.4 Å². The summed E-state index contributed by atoms with van der Waals surface area (Å²) in [6.45, 7) is 17.6. The van der Waals surface area contributed by atoms with Crippen molar-refractivity contribution < 1.29 is 38.2 Å². The number of methoxy groups -OCH3 is 1. The van der Waals surface area contributed by atoms with Crippen LogP contribution in [0.1, 0.15) is 77.3 Å². The summed E-state index contributed by atoms with van der Waals surface area (Å²) in [5, 5.41) is 8.27. The molecule has 16 nitrogen and oxygen atoms in total. The Morgan fingerprint density at radius 1 is 1.03 bits per heavy atom. The molecule has 3 aliphatic heterocycles. The van der Waals surface area contributed by atoms with E-state index < -0.39 is 46.8 Å². The smallest absolute Gasteiger partial charge is 0.325 e. The lowest BCUT2D eigenvalue weighted by molar-refractivity contribution is -0.148. The summed E-state index contributed by atoms with van der Waals surface area (Å²) in [6, 6.07) is 15.3. The zero-order valence-corrected chi connectivity index (χ0v) is 39.0. The Morgan fingerprint density at radius 2 is 1.79 bits per heavy atom. The molecule has 3 unspecified atom stereocenters. The molecule has 2 aromatic carbocycles. The van der Waals surface area contributed by atoms with Gasteiger partial charge in [-0.25, -0.2) is 15.1 Å². The van der Waals surface area contributed by atoms with Gasteiger partial charge in [0.15, 0.2) is 5.54 Å². The van der Waals surface area contributed by atoms with Crippen LogP contribution in [-0.2, 0) is 52.8 Å². The zero-order valence-electron chi connectivity index (χ0n) is 39.0. The lowest BCUT2D eigenvalue weighted by Crippen LogP contribution is -2.72. The molecule has 4 aromatic rings. The highest BCUT2D eigenvalue weighted by atomic mass is 16.5. The van der Waals surface area contributed by atoms with Crippen LogP contribution in [0.4, 0.5) is 4.79 Å². The van der Waals surface area contributed by atoms with Gasteiger partial charge in [0.05, 0.1) is 37.2 Å². The number of carbonyl (C=O) groups excluding carboxylic acids is 6. The van der Waals surface area contributed by atoms with Crippen LogP contribution in [-0.4, -0.2) is 118 Å². The Labute approximate surface area is 386 Å². The third-order valence-corrected chi connectivity index (χ3v) is 13.0. The van der Waals surface area contributed by atoms with E-state index in [0.29, 0.717) is 32.5 Å². The summed E-state index contributed by atoms with van der Waals surface area (Å²) < 4.78 is 13.4. The Morgan fingerprint density at radius 3 is 2.45 bits per heavy atom. The molecule has 0 radical (unpaired) electrons. The number of ether oxygens (including phenoxy) is 2. The van der Waals surface area contributed by atoms with Crippen LogP contribution in [0.5, 0.6) is 0 Å². The highest BCUT2D eigenvalue weighted by molar-refractivity contribution is 6.12. The van der Waals surface area contributed by atoms with Gasteiger partial charge in [-0.3, -0.25) is 34.0 Å². The van der Waals surface area contributed by atoms with Crippen molar-refractivity contribution in [1.29, 1.82) is 0 Å². The number of carbonyl (C=O) groups is 6. The molecule has 16 heteroatoms. The first-order chi connectivity index (χ1) is 31.6. The number of hydrogen-bond acceptors (Lipinski definition) is 10. The predicted molar refractivity (Wildman–Crippen MR) is 249 cm³/mol. The van der Waals surface area contributed by atoms with Crippen molar-refractivity contribution in [3.05, 3.63) is 90.3 Å². The normalized spacial score (nSPS) is 17.4. The lowest BCUT2D eigenvalue weighted by atomic mass is 9.84. The average molecular weight is 903 g/mol. The van der Waals surface area contributed by atoms with Gasteiger partial charge in [0, 0.05) is 61.2 Å². The molecular formula is C50H62N8O8. The van der Waals surface area contributed by atoms with Crippen molar-refractivity contribution in [2.45, 2.75) is 97.5 Å². The predicted octanol–water partition coefficient (Wildman–Crippen LogP) is 5.34. The molecule has 0 saturated carbocycles. The van der Waals surface area contributed by atoms with Gasteiger partial charge in [-0.2, -0.15) is 0 Å². The molecule has 350 valence electrons. The molecule has 6 amide bonds. The number of aryl methyl sites for hydroxylation is 1. The first-order valence-corrected chi connectivity index (χ1v) is 22.8. The molecule has 7 rings (SSSR count). The summed E-state index contributed by atoms with van der Waals surface area (Å²) in [4.78, 5) is 86.9. The number of nitrogens with zero attached hydrogens (tertiary/aromatic N) is 5. The van der Waals surface area contributed by atoms with Crippen molar-refractivity contribution in [1.82, 2.24) is 40.4 Å². The van der Waals surface area contributed by atoms with Crippen LogP contribution < -0.4 is 16.1 Å². The molecule has 3 N–H and O–H groups in total. The SMILES string of the molecule is C=CC(=O)N1CC2(C1)NC(=O)N(C(C(=O)NC(Cc1cccc(-c3ccc4c(c3)c(CC(C)(C)COC=O)c(-c3cccnc3C(C)OC)n4CC)c1)C(=O)N1CCCCN1)C(C)C)C2=O. The summed E-state index contributed by atoms with van der Waals surface area (Å²) in [5.74, 6) is -2.43. The van der Waals surface area contributed by atoms with Crippen LogP contribution in [0.3, 0.4) is 0 Å². The van der Waals surface area contributed by atoms with E-state index in [-0.39, 0.29) is 44.0 Å². The molecule has 3 aliphatic rings. The van der Waals surface area contributed by atoms with Crippen molar-refractivity contribution in [2.24, 2.45) is 11.3 Å². The van der Waals surface area contributed by atoms with Gasteiger partial charge in [-0.15, -0.1) is 0 Å². The molecular weight excluding hydrogens is 841 g/mol. The van der Waals surface area contributed by atoms with E-state index in [1.807, 2.05) is 37.3 Å². The summed E-state index contributed by atoms with van der Waals surface area (Å²) in [6.07, 6.45) is 5.06. The summed E-state index contributed by atoms with van der Waals surface area (Å²) in [5.41, 5.74) is 8.95. The minimum Gasteiger partial charge on any atom is -0.467 e. The highest BCUT2D eigenvalue weighted by Crippen LogP contribution is 2.42. The second-order valence-corrected chi connectivity index (χ2v) is 18.7. The number of benzene rings is 2. The fourth-order valence-electron chi connectivity index (χ4n) is 9.61. The van der Waals surface area contributed by atoms with Gasteiger partial charge in [0.25, 0.3) is 18.3 Å². The molecule has 3 fully saturated rings. The second kappa shape index (κ2) is 19.6. The number of pyridine rings is 1. The number of nitrogens with one attached hydrogen (secondary N) is 3. The van der Waals surface area contributed by atoms with Crippen molar-refractivity contribution in [2.75, 3.05) is 39.9 Å². The molecule has 0 aliphatic carbocycles. The maximum atomic E-state index is 14.4. The first-order valence-electron chi connectivity index (χ1n) is 22.8. The maximum absolute atomic E-state index is 14.4. The van der Waals surface area contributed by atoms with Crippen LogP contribution in [0.25, 0.3) is 33.3 Å². The van der Waals surface area contributed by atoms with E-state index in [9.17, 15) is 28.8 Å². The van der Waals surface area contributed by atoms with Gasteiger partial charge >= 0.3 is 6.03 Å². The molecule has 66 heavy (non-hydrogen) atoms. The first kappa shape index (κ1) is 47.6. The summed E-state index contributed by atoms with van der Waals surface area (Å²) >= 11 is 0. The topological polar surface area (TPSA) is 185 Å². The van der Waals surface area contributed by atoms with Crippen LogP contribution in [0, 0.1) is 11.3 Å². The zero-order chi connectivity index (χ0) is 47.5. The standard InChI is InChI=1S/C50H62N8O8/c1-9-41(60)55-27-50(28-55)47(63)58(48(64)54-50)43(31(3)4)45(61)53-39(46(62)57-22-12-11-21-52-57)24-33-15-13-16-34(23-33)35-18-19-40-37(25-35)38(26-49(6,7)29-66-30-59)44(56(40)10-2)36-17-14-20-51-42(36)32(5)65-8/h9,13-20,23,25,30-32,39,43,52H,1,10-12,21-22,24,26-29H2,2-8H3,(H,53,61)(H,54,64). The van der Waals surface area contributed by atoms with Crippen molar-refractivity contribution in [3.8, 4) is 22.4 Å². The molecule has 3 saturated heterocycles. The van der Waals surface area contributed by atoms with Gasteiger partial charge in [-0.05, 0) is 91.6 Å². The van der Waals surface area contributed by atoms with E-state index >= 15 is 0 Å². The lowest BCUT2D eigenvalue weighted by Gasteiger charge is -2.45. The van der Waals surface area contributed by atoms with E-state index in [1.165, 1.54) is 4.90 Å². The van der Waals surface area contributed by atoms with Crippen molar-refractivity contribution >= 4 is 47.0 Å². The molecule has 2 aromatic heterocycles. The number of hydrogen-bond donors (Lipinski definition) is 3. The average Bonchev–Trinajstić information content (AvgIpc) is 3.75. The Bertz CT molecular complexity index is 2520. The Hall–Kier alpha value is -6.39. The number of urea groups is 1. The molecule has 5 heterocycles. The van der Waals surface area contributed by atoms with Gasteiger partial charge in [-0.1, -0.05) is 64.6 Å². The number of fused-ring (bicyclic) bond motifs is 1. The second-order valence-electron chi connectivity index (χ2n) is 18.7.